The van der Waals surface area contributed by atoms with Crippen LogP contribution in [0.2, 0.25) is 0 Å². The Hall–Kier alpha value is -1.14. The number of carbonyl (C=O) groups excluding carboxylic acids is 1. The number of likely N-dealkylation sites (tertiary alicyclic amines) is 1. The van der Waals surface area contributed by atoms with Crippen molar-refractivity contribution < 1.29 is 67.2 Å². The topological polar surface area (TPSA) is 243 Å². The maximum Gasteiger partial charge on any atom is 0.311 e. The van der Waals surface area contributed by atoms with Gasteiger partial charge in [0.25, 0.3) is 10.2 Å². The molecule has 4 saturated heterocycles. The number of hydrogen-bond donors (Lipinski definition) is 6. The SMILES string of the molecule is CCCN1C[C@H](C)C[C@@](C)(O)[C@H](O[C@@H]2O[C@H](C)C[C@H](N(C)S(N)(=O)=O)[C@H]2O)[C@@H](C)[C@H](O[C@H]2C[C@@](C)(OC)[C@](O)(CN3CCCCC3)[C@H](C)O2)[C@@H](C)C(=O)O[C@H](CC)[C@@](C)(O)[C@H](O)[C@H]1C. The molecule has 0 bridgehead atoms. The fourth-order valence-corrected chi connectivity index (χ4v) is 11.6. The first-order chi connectivity index (χ1) is 29.6. The highest BCUT2D eigenvalue weighted by Gasteiger charge is 2.59. The monoisotopic (exact) mass is 939 g/mol. The van der Waals surface area contributed by atoms with E-state index in [1.807, 2.05) is 32.6 Å². The lowest BCUT2D eigenvalue weighted by Gasteiger charge is -2.55. The van der Waals surface area contributed by atoms with Crippen LogP contribution in [0.25, 0.3) is 0 Å². The number of nitrogens with zero attached hydrogens (tertiary/aromatic N) is 3. The number of aliphatic hydroxyl groups excluding tert-OH is 2. The average Bonchev–Trinajstić information content (AvgIpc) is 3.21. The number of ether oxygens (including phenoxy) is 6. The van der Waals surface area contributed by atoms with Crippen LogP contribution in [0.1, 0.15) is 128 Å². The predicted molar refractivity (Wildman–Crippen MR) is 240 cm³/mol. The van der Waals surface area contributed by atoms with Gasteiger partial charge >= 0.3 is 5.97 Å². The van der Waals surface area contributed by atoms with E-state index in [0.29, 0.717) is 19.6 Å². The molecular weight excluding hydrogens is 853 g/mol. The van der Waals surface area contributed by atoms with Crippen LogP contribution in [0.3, 0.4) is 0 Å². The van der Waals surface area contributed by atoms with Crippen molar-refractivity contribution in [2.45, 2.75) is 217 Å². The average molecular weight is 939 g/mol. The number of rotatable bonds is 12. The molecule has 0 aromatic heterocycles. The molecule has 18 atom stereocenters. The molecular formula is C45H86N4O14S. The second kappa shape index (κ2) is 22.1. The number of aliphatic hydroxyl groups is 5. The van der Waals surface area contributed by atoms with Gasteiger partial charge in [-0.05, 0) is 113 Å². The summed E-state index contributed by atoms with van der Waals surface area (Å²) < 4.78 is 64.6. The largest absolute Gasteiger partial charge is 0.459 e. The quantitative estimate of drug-likeness (QED) is 0.154. The van der Waals surface area contributed by atoms with E-state index in [0.717, 1.165) is 43.1 Å². The first-order valence-corrected chi connectivity index (χ1v) is 25.2. The van der Waals surface area contributed by atoms with Crippen molar-refractivity contribution in [3.05, 3.63) is 0 Å². The van der Waals surface area contributed by atoms with Gasteiger partial charge in [0.05, 0.1) is 42.0 Å². The van der Waals surface area contributed by atoms with Gasteiger partial charge in [-0.3, -0.25) is 9.69 Å². The maximum atomic E-state index is 14.6. The lowest BCUT2D eigenvalue weighted by Crippen LogP contribution is -2.70. The molecule has 0 amide bonds. The second-order valence-corrected chi connectivity index (χ2v) is 22.1. The van der Waals surface area contributed by atoms with Crippen LogP contribution in [0.15, 0.2) is 0 Å². The molecule has 4 heterocycles. The zero-order valence-electron chi connectivity index (χ0n) is 41.0. The first-order valence-electron chi connectivity index (χ1n) is 23.7. The van der Waals surface area contributed by atoms with Gasteiger partial charge in [0.2, 0.25) is 0 Å². The Morgan fingerprint density at radius 2 is 1.56 bits per heavy atom. The molecule has 7 N–H and O–H groups in total. The second-order valence-electron chi connectivity index (χ2n) is 20.5. The van der Waals surface area contributed by atoms with Crippen molar-refractivity contribution >= 4 is 16.2 Å². The minimum atomic E-state index is -4.24. The Morgan fingerprint density at radius 3 is 2.12 bits per heavy atom. The zero-order chi connectivity index (χ0) is 48.3. The number of hydrogen-bond acceptors (Lipinski definition) is 16. The summed E-state index contributed by atoms with van der Waals surface area (Å²) in [7, 11) is -1.43. The Kier molecular flexibility index (Phi) is 19.1. The van der Waals surface area contributed by atoms with Gasteiger partial charge in [0.15, 0.2) is 12.6 Å². The summed E-state index contributed by atoms with van der Waals surface area (Å²) in [5.74, 6) is -3.06. The number of methoxy groups -OCH3 is 1. The van der Waals surface area contributed by atoms with Crippen molar-refractivity contribution in [3.63, 3.8) is 0 Å². The van der Waals surface area contributed by atoms with E-state index in [-0.39, 0.29) is 31.6 Å². The molecule has 0 spiro atoms. The van der Waals surface area contributed by atoms with Gasteiger partial charge in [-0.15, -0.1) is 0 Å². The third-order valence-corrected chi connectivity index (χ3v) is 16.2. The van der Waals surface area contributed by atoms with Crippen LogP contribution in [0.5, 0.6) is 0 Å². The van der Waals surface area contributed by atoms with E-state index in [2.05, 4.69) is 4.90 Å². The van der Waals surface area contributed by atoms with E-state index < -0.39 is 118 Å². The summed E-state index contributed by atoms with van der Waals surface area (Å²) in [4.78, 5) is 18.9. The molecule has 0 aromatic rings. The summed E-state index contributed by atoms with van der Waals surface area (Å²) in [6.07, 6.45) is -6.02. The maximum absolute atomic E-state index is 14.6. The lowest BCUT2D eigenvalue weighted by atomic mass is 9.74. The van der Waals surface area contributed by atoms with Crippen LogP contribution in [-0.2, 0) is 43.4 Å². The molecule has 4 rings (SSSR count). The third kappa shape index (κ3) is 12.4. The number of cyclic esters (lactones) is 1. The number of β-amino-alcohol motifs (C(OH)–C–C–N with tert-alkyl or cyclic N) is 1. The molecule has 376 valence electrons. The summed E-state index contributed by atoms with van der Waals surface area (Å²) in [5.41, 5.74) is -6.23. The van der Waals surface area contributed by atoms with E-state index in [4.69, 9.17) is 33.6 Å². The van der Waals surface area contributed by atoms with Crippen LogP contribution in [0.4, 0.5) is 0 Å². The fraction of sp³-hybridized carbons (Fsp3) is 0.978. The third-order valence-electron chi connectivity index (χ3n) is 15.1. The molecule has 0 aliphatic carbocycles. The number of nitrogens with two attached hydrogens (primary N) is 1. The van der Waals surface area contributed by atoms with Crippen molar-refractivity contribution in [1.82, 2.24) is 14.1 Å². The minimum absolute atomic E-state index is 0.0509. The van der Waals surface area contributed by atoms with E-state index >= 15 is 0 Å². The fourth-order valence-electron chi connectivity index (χ4n) is 11.0. The molecule has 0 aromatic carbocycles. The molecule has 19 heteroatoms. The van der Waals surface area contributed by atoms with Gasteiger partial charge in [-0.2, -0.15) is 12.7 Å². The highest BCUT2D eigenvalue weighted by molar-refractivity contribution is 7.86. The molecule has 4 aliphatic heterocycles. The van der Waals surface area contributed by atoms with Crippen molar-refractivity contribution in [1.29, 1.82) is 0 Å². The minimum Gasteiger partial charge on any atom is -0.459 e. The van der Waals surface area contributed by atoms with E-state index in [1.54, 1.807) is 41.5 Å². The van der Waals surface area contributed by atoms with Crippen LogP contribution in [-0.4, -0.2) is 191 Å². The molecule has 0 unspecified atom stereocenters. The van der Waals surface area contributed by atoms with Gasteiger partial charge in [0, 0.05) is 45.6 Å². The number of likely N-dealkylation sites (N-methyl/N-ethyl adjacent to an activating group) is 1. The van der Waals surface area contributed by atoms with E-state index in [1.165, 1.54) is 21.1 Å². The highest BCUT2D eigenvalue weighted by atomic mass is 32.2. The van der Waals surface area contributed by atoms with Crippen LogP contribution < -0.4 is 5.14 Å². The Bertz CT molecular complexity index is 1610. The van der Waals surface area contributed by atoms with Crippen molar-refractivity contribution in [2.24, 2.45) is 22.9 Å². The highest BCUT2D eigenvalue weighted by Crippen LogP contribution is 2.44. The normalized spacial score (nSPS) is 45.7. The smallest absolute Gasteiger partial charge is 0.311 e. The number of esters is 1. The van der Waals surface area contributed by atoms with Crippen LogP contribution >= 0.6 is 0 Å². The molecule has 18 nitrogen and oxygen atoms in total. The Morgan fingerprint density at radius 1 is 0.938 bits per heavy atom. The van der Waals surface area contributed by atoms with Gasteiger partial charge in [-0.1, -0.05) is 34.1 Å². The summed E-state index contributed by atoms with van der Waals surface area (Å²) in [6.45, 7) is 22.3. The van der Waals surface area contributed by atoms with E-state index in [9.17, 15) is 38.7 Å². The Balaban J connectivity index is 1.85. The zero-order valence-corrected chi connectivity index (χ0v) is 41.8. The molecule has 0 saturated carbocycles. The van der Waals surface area contributed by atoms with Crippen molar-refractivity contribution in [3.8, 4) is 0 Å². The summed E-state index contributed by atoms with van der Waals surface area (Å²) in [6, 6.07) is -1.62. The Labute approximate surface area is 383 Å². The summed E-state index contributed by atoms with van der Waals surface area (Å²) >= 11 is 0. The predicted octanol–water partition coefficient (Wildman–Crippen LogP) is 2.11. The van der Waals surface area contributed by atoms with Crippen molar-refractivity contribution in [2.75, 3.05) is 46.9 Å². The number of carbonyl (C=O) groups is 1. The standard InChI is InChI=1S/C45H86N4O14S/c1-14-19-49-25-27(3)23-42(9,53)39(63-41-36(50)33(22-28(4)59-41)47(12)64(46,56)57)29(5)37(30(6)40(52)61-34(15-2)44(11,54)38(51)31(49)7)62-35-24-43(10,58-13)45(55,32(8)60-35)26-48-20-17-16-18-21-48/h27-39,41,50-51,53-55H,14-26H2,1-13H3,(H2,46,56,57)/t27-,28-,29+,30-,31-,32+,33+,34-,35+,36-,37+,38-,39-,41+,42-,43-,44-,45+/m1/s1. The molecule has 4 aliphatic rings. The van der Waals surface area contributed by atoms with Crippen LogP contribution in [0, 0.1) is 17.8 Å². The molecule has 4 fully saturated rings. The lowest BCUT2D eigenvalue weighted by molar-refractivity contribution is -0.339. The van der Waals surface area contributed by atoms with Gasteiger partial charge in [0.1, 0.15) is 35.1 Å². The van der Waals surface area contributed by atoms with Gasteiger partial charge < -0.3 is 58.9 Å². The molecule has 0 radical (unpaired) electrons. The first kappa shape index (κ1) is 55.5. The summed E-state index contributed by atoms with van der Waals surface area (Å²) in [5, 5.41) is 66.4. The molecule has 64 heavy (non-hydrogen) atoms. The number of piperidine rings is 1. The van der Waals surface area contributed by atoms with Gasteiger partial charge in [-0.25, -0.2) is 5.14 Å².